The number of hydrogen-bond acceptors (Lipinski definition) is 5. The van der Waals surface area contributed by atoms with Crippen LogP contribution in [-0.2, 0) is 16.0 Å². The van der Waals surface area contributed by atoms with E-state index in [1.54, 1.807) is 11.3 Å². The van der Waals surface area contributed by atoms with Crippen LogP contribution in [-0.4, -0.2) is 48.6 Å². The summed E-state index contributed by atoms with van der Waals surface area (Å²) < 4.78 is 4.92. The summed E-state index contributed by atoms with van der Waals surface area (Å²) in [7, 11) is 1.37. The molecule has 1 aliphatic rings. The first-order chi connectivity index (χ1) is 11.9. The Morgan fingerprint density at radius 2 is 2.04 bits per heavy atom. The Morgan fingerprint density at radius 1 is 1.40 bits per heavy atom. The standard InChI is InChI=1S/C18H25NO5S/c1-11(13-6-8-19(9-7-13)18(22)23)16-12(2)15(17(21)24-3)14(25-16)5-4-10-20/h10-11,13H,4-9H2,1-3H3,(H,22,23)/t11-/m1/s1. The molecule has 1 amide bonds. The van der Waals surface area contributed by atoms with Crippen molar-refractivity contribution in [3.63, 3.8) is 0 Å². The van der Waals surface area contributed by atoms with Gasteiger partial charge in [0.05, 0.1) is 12.7 Å². The fourth-order valence-corrected chi connectivity index (χ4v) is 5.02. The van der Waals surface area contributed by atoms with Gasteiger partial charge in [-0.15, -0.1) is 11.3 Å². The van der Waals surface area contributed by atoms with E-state index >= 15 is 0 Å². The number of thiophene rings is 1. The van der Waals surface area contributed by atoms with Gasteiger partial charge in [0.25, 0.3) is 0 Å². The number of carbonyl (C=O) groups excluding carboxylic acids is 2. The van der Waals surface area contributed by atoms with Gasteiger partial charge in [0.2, 0.25) is 0 Å². The van der Waals surface area contributed by atoms with Crippen molar-refractivity contribution >= 4 is 29.7 Å². The van der Waals surface area contributed by atoms with Crippen LogP contribution in [0.2, 0.25) is 0 Å². The first-order valence-electron chi connectivity index (χ1n) is 8.52. The molecule has 2 rings (SSSR count). The third kappa shape index (κ3) is 4.21. The van der Waals surface area contributed by atoms with Gasteiger partial charge in [-0.05, 0) is 43.6 Å². The number of hydrogen-bond donors (Lipinski definition) is 1. The second kappa shape index (κ2) is 8.47. The second-order valence-electron chi connectivity index (χ2n) is 6.48. The maximum Gasteiger partial charge on any atom is 0.407 e. The summed E-state index contributed by atoms with van der Waals surface area (Å²) in [6, 6.07) is 0. The van der Waals surface area contributed by atoms with Crippen molar-refractivity contribution in [2.75, 3.05) is 20.2 Å². The highest BCUT2D eigenvalue weighted by Crippen LogP contribution is 2.41. The lowest BCUT2D eigenvalue weighted by Gasteiger charge is -2.33. The predicted octanol–water partition coefficient (Wildman–Crippen LogP) is 3.47. The first kappa shape index (κ1) is 19.4. The van der Waals surface area contributed by atoms with Crippen molar-refractivity contribution in [1.82, 2.24) is 4.90 Å². The van der Waals surface area contributed by atoms with E-state index in [1.807, 2.05) is 6.92 Å². The smallest absolute Gasteiger partial charge is 0.407 e. The molecule has 25 heavy (non-hydrogen) atoms. The highest BCUT2D eigenvalue weighted by atomic mass is 32.1. The normalized spacial score (nSPS) is 16.5. The van der Waals surface area contributed by atoms with Crippen molar-refractivity contribution in [2.45, 2.75) is 45.4 Å². The minimum Gasteiger partial charge on any atom is -0.465 e. The van der Waals surface area contributed by atoms with Gasteiger partial charge in [-0.3, -0.25) is 0 Å². The summed E-state index contributed by atoms with van der Waals surface area (Å²) in [4.78, 5) is 37.5. The zero-order valence-corrected chi connectivity index (χ0v) is 15.7. The minimum absolute atomic E-state index is 0.245. The molecule has 6 nitrogen and oxygen atoms in total. The summed E-state index contributed by atoms with van der Waals surface area (Å²) in [5.41, 5.74) is 1.53. The lowest BCUT2D eigenvalue weighted by molar-refractivity contribution is -0.107. The summed E-state index contributed by atoms with van der Waals surface area (Å²) in [6.45, 7) is 5.18. The van der Waals surface area contributed by atoms with Gasteiger partial charge in [0, 0.05) is 29.3 Å². The van der Waals surface area contributed by atoms with Crippen LogP contribution < -0.4 is 0 Å². The minimum atomic E-state index is -0.859. The first-order valence-corrected chi connectivity index (χ1v) is 9.34. The Morgan fingerprint density at radius 3 is 2.56 bits per heavy atom. The van der Waals surface area contributed by atoms with E-state index in [0.29, 0.717) is 37.4 Å². The van der Waals surface area contributed by atoms with Gasteiger partial charge in [-0.2, -0.15) is 0 Å². The molecule has 1 N–H and O–H groups in total. The summed E-state index contributed by atoms with van der Waals surface area (Å²) >= 11 is 1.59. The number of ether oxygens (including phenoxy) is 1. The molecule has 0 saturated carbocycles. The average Bonchev–Trinajstić information content (AvgIpc) is 2.95. The number of esters is 1. The molecular formula is C18H25NO5S. The summed E-state index contributed by atoms with van der Waals surface area (Å²) in [5, 5.41) is 9.08. The molecule has 0 aromatic carbocycles. The van der Waals surface area contributed by atoms with Gasteiger partial charge in [-0.25, -0.2) is 9.59 Å². The third-order valence-corrected chi connectivity index (χ3v) is 6.62. The molecule has 1 aromatic heterocycles. The highest BCUT2D eigenvalue weighted by Gasteiger charge is 2.31. The van der Waals surface area contributed by atoms with E-state index in [9.17, 15) is 14.4 Å². The van der Waals surface area contributed by atoms with Crippen LogP contribution in [0.25, 0.3) is 0 Å². The number of piperidine rings is 1. The van der Waals surface area contributed by atoms with Crippen LogP contribution in [0.1, 0.15) is 57.8 Å². The number of carbonyl (C=O) groups is 3. The fraction of sp³-hybridized carbons (Fsp3) is 0.611. The number of aryl methyl sites for hydroxylation is 1. The molecule has 7 heteroatoms. The van der Waals surface area contributed by atoms with Crippen molar-refractivity contribution in [3.8, 4) is 0 Å². The van der Waals surface area contributed by atoms with Crippen LogP contribution in [0.5, 0.6) is 0 Å². The zero-order valence-electron chi connectivity index (χ0n) is 14.9. The maximum atomic E-state index is 12.2. The predicted molar refractivity (Wildman–Crippen MR) is 95.5 cm³/mol. The Labute approximate surface area is 151 Å². The zero-order chi connectivity index (χ0) is 18.6. The van der Waals surface area contributed by atoms with E-state index in [4.69, 9.17) is 9.84 Å². The molecular weight excluding hydrogens is 342 g/mol. The Kier molecular flexibility index (Phi) is 6.58. The van der Waals surface area contributed by atoms with Crippen LogP contribution in [0, 0.1) is 12.8 Å². The highest BCUT2D eigenvalue weighted by molar-refractivity contribution is 7.12. The summed E-state index contributed by atoms with van der Waals surface area (Å²) in [6.07, 6.45) is 2.58. The van der Waals surface area contributed by atoms with E-state index in [0.717, 1.165) is 34.4 Å². The van der Waals surface area contributed by atoms with Crippen molar-refractivity contribution in [1.29, 1.82) is 0 Å². The van der Waals surface area contributed by atoms with Gasteiger partial charge < -0.3 is 19.5 Å². The molecule has 0 radical (unpaired) electrons. The molecule has 0 spiro atoms. The van der Waals surface area contributed by atoms with Gasteiger partial charge in [-0.1, -0.05) is 6.92 Å². The molecule has 138 valence electrons. The topological polar surface area (TPSA) is 83.9 Å². The molecule has 2 heterocycles. The molecule has 1 atom stereocenters. The van der Waals surface area contributed by atoms with E-state index in [2.05, 4.69) is 6.92 Å². The van der Waals surface area contributed by atoms with Gasteiger partial charge in [0.1, 0.15) is 6.29 Å². The largest absolute Gasteiger partial charge is 0.465 e. The quantitative estimate of drug-likeness (QED) is 0.615. The van der Waals surface area contributed by atoms with Gasteiger partial charge in [0.15, 0.2) is 0 Å². The Balaban J connectivity index is 2.23. The van der Waals surface area contributed by atoms with Crippen LogP contribution >= 0.6 is 11.3 Å². The second-order valence-corrected chi connectivity index (χ2v) is 7.62. The van der Waals surface area contributed by atoms with E-state index in [1.165, 1.54) is 12.0 Å². The number of methoxy groups -OCH3 is 1. The molecule has 0 unspecified atom stereocenters. The SMILES string of the molecule is COC(=O)c1c(CCC=O)sc([C@H](C)C2CCN(C(=O)O)CC2)c1C. The molecule has 1 fully saturated rings. The van der Waals surface area contributed by atoms with Crippen LogP contribution in [0.4, 0.5) is 4.79 Å². The Hall–Kier alpha value is -1.89. The number of likely N-dealkylation sites (tertiary alicyclic amines) is 1. The third-order valence-electron chi connectivity index (χ3n) is 5.07. The maximum absolute atomic E-state index is 12.2. The number of aldehydes is 1. The van der Waals surface area contributed by atoms with Crippen molar-refractivity contribution < 1.29 is 24.2 Å². The summed E-state index contributed by atoms with van der Waals surface area (Å²) in [5.74, 6) is 0.278. The molecule has 1 aliphatic heterocycles. The number of amides is 1. The lowest BCUT2D eigenvalue weighted by atomic mass is 9.83. The lowest BCUT2D eigenvalue weighted by Crippen LogP contribution is -2.38. The monoisotopic (exact) mass is 367 g/mol. The number of carboxylic acid groups (broad SMARTS) is 1. The Bertz CT molecular complexity index is 646. The van der Waals surface area contributed by atoms with Crippen LogP contribution in [0.15, 0.2) is 0 Å². The average molecular weight is 367 g/mol. The van der Waals surface area contributed by atoms with E-state index in [-0.39, 0.29) is 11.9 Å². The molecule has 0 bridgehead atoms. The molecule has 0 aliphatic carbocycles. The molecule has 1 saturated heterocycles. The number of rotatable bonds is 6. The van der Waals surface area contributed by atoms with Crippen LogP contribution in [0.3, 0.4) is 0 Å². The van der Waals surface area contributed by atoms with Gasteiger partial charge >= 0.3 is 12.1 Å². The van der Waals surface area contributed by atoms with Crippen molar-refractivity contribution in [3.05, 3.63) is 20.9 Å². The molecule has 1 aromatic rings. The van der Waals surface area contributed by atoms with Crippen molar-refractivity contribution in [2.24, 2.45) is 5.92 Å². The van der Waals surface area contributed by atoms with E-state index < -0.39 is 6.09 Å². The number of nitrogens with zero attached hydrogens (tertiary/aromatic N) is 1. The fourth-order valence-electron chi connectivity index (χ4n) is 3.57.